The number of likely N-dealkylation sites (N-methyl/N-ethyl adjacent to an activating group) is 2. The Balaban J connectivity index is 1.91. The van der Waals surface area contributed by atoms with Crippen molar-refractivity contribution in [2.45, 2.75) is 31.8 Å². The first kappa shape index (κ1) is 20.5. The molecule has 0 aromatic heterocycles. The number of rotatable bonds is 8. The van der Waals surface area contributed by atoms with E-state index in [1.807, 2.05) is 19.2 Å². The van der Waals surface area contributed by atoms with Gasteiger partial charge in [0.2, 0.25) is 0 Å². The van der Waals surface area contributed by atoms with Crippen LogP contribution in [0.5, 0.6) is 5.75 Å². The summed E-state index contributed by atoms with van der Waals surface area (Å²) in [6, 6.07) is 9.11. The zero-order valence-corrected chi connectivity index (χ0v) is 17.0. The van der Waals surface area contributed by atoms with Gasteiger partial charge in [0.25, 0.3) is 0 Å². The molecule has 1 saturated heterocycles. The highest BCUT2D eigenvalue weighted by molar-refractivity contribution is 5.79. The largest absolute Gasteiger partial charge is 0.497 e. The number of hydrogen-bond acceptors (Lipinski definition) is 4. The summed E-state index contributed by atoms with van der Waals surface area (Å²) in [5.74, 6) is 1.75. The average Bonchev–Trinajstić information content (AvgIpc) is 3.11. The fourth-order valence-electron chi connectivity index (χ4n) is 3.62. The Morgan fingerprint density at radius 2 is 2.19 bits per heavy atom. The van der Waals surface area contributed by atoms with Crippen molar-refractivity contribution >= 4 is 5.96 Å². The van der Waals surface area contributed by atoms with E-state index >= 15 is 0 Å². The number of nitrogens with one attached hydrogen (secondary N) is 2. The highest BCUT2D eigenvalue weighted by Crippen LogP contribution is 2.22. The number of methoxy groups -OCH3 is 1. The van der Waals surface area contributed by atoms with E-state index in [4.69, 9.17) is 4.74 Å². The quantitative estimate of drug-likeness (QED) is 0.547. The molecule has 2 atom stereocenters. The van der Waals surface area contributed by atoms with E-state index in [1.54, 1.807) is 7.11 Å². The monoisotopic (exact) mass is 361 g/mol. The lowest BCUT2D eigenvalue weighted by Gasteiger charge is -2.27. The lowest BCUT2D eigenvalue weighted by atomic mass is 10.1. The number of nitrogens with zero attached hydrogens (tertiary/aromatic N) is 3. The maximum atomic E-state index is 5.37. The van der Waals surface area contributed by atoms with Crippen LogP contribution in [-0.4, -0.2) is 76.2 Å². The van der Waals surface area contributed by atoms with Crippen LogP contribution in [0, 0.1) is 0 Å². The van der Waals surface area contributed by atoms with Crippen LogP contribution in [0.3, 0.4) is 0 Å². The minimum atomic E-state index is 0.238. The number of ether oxygens (including phenoxy) is 1. The third-order valence-corrected chi connectivity index (χ3v) is 5.20. The molecule has 6 heteroatoms. The average molecular weight is 362 g/mol. The van der Waals surface area contributed by atoms with Gasteiger partial charge in [0.05, 0.1) is 13.2 Å². The molecule has 1 heterocycles. The molecule has 2 N–H and O–H groups in total. The highest BCUT2D eigenvalue weighted by atomic mass is 16.5. The van der Waals surface area contributed by atoms with E-state index < -0.39 is 0 Å². The van der Waals surface area contributed by atoms with Crippen molar-refractivity contribution in [2.75, 3.05) is 54.4 Å². The number of hydrogen-bond donors (Lipinski definition) is 2. The van der Waals surface area contributed by atoms with Gasteiger partial charge in [-0.05, 0) is 57.7 Å². The third-order valence-electron chi connectivity index (χ3n) is 5.20. The van der Waals surface area contributed by atoms with Gasteiger partial charge in [-0.2, -0.15) is 0 Å². The van der Waals surface area contributed by atoms with Gasteiger partial charge in [-0.15, -0.1) is 0 Å². The van der Waals surface area contributed by atoms with Gasteiger partial charge in [0.15, 0.2) is 5.96 Å². The van der Waals surface area contributed by atoms with Gasteiger partial charge in [0, 0.05) is 26.2 Å². The van der Waals surface area contributed by atoms with E-state index in [2.05, 4.69) is 58.6 Å². The van der Waals surface area contributed by atoms with Crippen molar-refractivity contribution in [1.82, 2.24) is 20.4 Å². The number of aliphatic imine (C=N–C) groups is 1. The van der Waals surface area contributed by atoms with Crippen LogP contribution in [0.15, 0.2) is 29.3 Å². The molecule has 1 aliphatic heterocycles. The van der Waals surface area contributed by atoms with E-state index in [0.29, 0.717) is 6.04 Å². The Bertz CT molecular complexity index is 575. The first-order valence-electron chi connectivity index (χ1n) is 9.58. The first-order valence-corrected chi connectivity index (χ1v) is 9.58. The minimum absolute atomic E-state index is 0.238. The molecular formula is C20H35N5O. The standard InChI is InChI=1S/C20H35N5O/c1-6-25-12-8-10-17(25)14-22-20(21-2)23-15-19(24(3)4)16-9-7-11-18(13-16)26-5/h7,9,11,13,17,19H,6,8,10,12,14-15H2,1-5H3,(H2,21,22,23). The van der Waals surface area contributed by atoms with Crippen molar-refractivity contribution in [1.29, 1.82) is 0 Å². The Labute approximate surface area is 158 Å². The molecule has 0 amide bonds. The number of benzene rings is 1. The number of guanidine groups is 1. The minimum Gasteiger partial charge on any atom is -0.497 e. The maximum Gasteiger partial charge on any atom is 0.191 e. The highest BCUT2D eigenvalue weighted by Gasteiger charge is 2.23. The van der Waals surface area contributed by atoms with Crippen molar-refractivity contribution < 1.29 is 4.74 Å². The molecule has 0 saturated carbocycles. The van der Waals surface area contributed by atoms with Crippen LogP contribution >= 0.6 is 0 Å². The second-order valence-electron chi connectivity index (χ2n) is 7.01. The molecule has 0 bridgehead atoms. The molecule has 0 radical (unpaired) electrons. The molecule has 26 heavy (non-hydrogen) atoms. The SMILES string of the molecule is CCN1CCCC1CNC(=NC)NCC(c1cccc(OC)c1)N(C)C. The first-order chi connectivity index (χ1) is 12.6. The van der Waals surface area contributed by atoms with Gasteiger partial charge in [-0.25, -0.2) is 0 Å². The zero-order chi connectivity index (χ0) is 18.9. The smallest absolute Gasteiger partial charge is 0.191 e. The van der Waals surface area contributed by atoms with E-state index in [0.717, 1.165) is 31.3 Å². The van der Waals surface area contributed by atoms with Crippen LogP contribution in [0.25, 0.3) is 0 Å². The fraction of sp³-hybridized carbons (Fsp3) is 0.650. The Morgan fingerprint density at radius 1 is 1.38 bits per heavy atom. The third kappa shape index (κ3) is 5.61. The predicted octanol–water partition coefficient (Wildman–Crippen LogP) is 1.95. The lowest BCUT2D eigenvalue weighted by Crippen LogP contribution is -2.46. The molecule has 146 valence electrons. The maximum absolute atomic E-state index is 5.37. The topological polar surface area (TPSA) is 52.1 Å². The molecule has 2 unspecified atom stereocenters. The Kier molecular flexibility index (Phi) is 8.19. The molecular weight excluding hydrogens is 326 g/mol. The summed E-state index contributed by atoms with van der Waals surface area (Å²) >= 11 is 0. The summed E-state index contributed by atoms with van der Waals surface area (Å²) in [4.78, 5) is 9.15. The molecule has 1 aromatic rings. The predicted molar refractivity (Wildman–Crippen MR) is 109 cm³/mol. The van der Waals surface area contributed by atoms with Crippen LogP contribution in [-0.2, 0) is 0 Å². The van der Waals surface area contributed by atoms with Crippen LogP contribution < -0.4 is 15.4 Å². The summed E-state index contributed by atoms with van der Waals surface area (Å²) in [5.41, 5.74) is 1.23. The van der Waals surface area contributed by atoms with Gasteiger partial charge in [0.1, 0.15) is 5.75 Å². The van der Waals surface area contributed by atoms with Crippen LogP contribution in [0.4, 0.5) is 0 Å². The molecule has 0 spiro atoms. The van der Waals surface area contributed by atoms with Crippen molar-refractivity contribution in [2.24, 2.45) is 4.99 Å². The van der Waals surface area contributed by atoms with E-state index in [9.17, 15) is 0 Å². The molecule has 1 aromatic carbocycles. The van der Waals surface area contributed by atoms with Crippen molar-refractivity contribution in [3.63, 3.8) is 0 Å². The van der Waals surface area contributed by atoms with Crippen LogP contribution in [0.2, 0.25) is 0 Å². The molecule has 1 fully saturated rings. The van der Waals surface area contributed by atoms with Gasteiger partial charge >= 0.3 is 0 Å². The second kappa shape index (κ2) is 10.4. The number of likely N-dealkylation sites (tertiary alicyclic amines) is 1. The lowest BCUT2D eigenvalue weighted by molar-refractivity contribution is 0.266. The van der Waals surface area contributed by atoms with E-state index in [1.165, 1.54) is 24.9 Å². The Hall–Kier alpha value is -1.79. The second-order valence-corrected chi connectivity index (χ2v) is 7.01. The molecule has 0 aliphatic carbocycles. The van der Waals surface area contributed by atoms with Gasteiger partial charge in [-0.1, -0.05) is 19.1 Å². The van der Waals surface area contributed by atoms with Crippen LogP contribution in [0.1, 0.15) is 31.4 Å². The van der Waals surface area contributed by atoms with Gasteiger partial charge in [-0.3, -0.25) is 9.89 Å². The van der Waals surface area contributed by atoms with Crippen molar-refractivity contribution in [3.8, 4) is 5.75 Å². The summed E-state index contributed by atoms with van der Waals surface area (Å²) < 4.78 is 5.37. The molecule has 6 nitrogen and oxygen atoms in total. The van der Waals surface area contributed by atoms with Crippen molar-refractivity contribution in [3.05, 3.63) is 29.8 Å². The summed E-state index contributed by atoms with van der Waals surface area (Å²) in [6.45, 7) is 6.30. The normalized spacial score (nSPS) is 19.6. The Morgan fingerprint density at radius 3 is 2.85 bits per heavy atom. The summed E-state index contributed by atoms with van der Waals surface area (Å²) in [5, 5.41) is 6.98. The fourth-order valence-corrected chi connectivity index (χ4v) is 3.62. The summed E-state index contributed by atoms with van der Waals surface area (Å²) in [7, 11) is 7.73. The molecule has 2 rings (SSSR count). The summed E-state index contributed by atoms with van der Waals surface area (Å²) in [6.07, 6.45) is 2.56. The van der Waals surface area contributed by atoms with E-state index in [-0.39, 0.29) is 6.04 Å². The van der Waals surface area contributed by atoms with Gasteiger partial charge < -0.3 is 20.3 Å². The molecule has 1 aliphatic rings. The zero-order valence-electron chi connectivity index (χ0n) is 17.0.